The van der Waals surface area contributed by atoms with Gasteiger partial charge in [0.15, 0.2) is 5.75 Å². The van der Waals surface area contributed by atoms with Crippen molar-refractivity contribution in [2.45, 2.75) is 18.9 Å². The molecule has 0 radical (unpaired) electrons. The Labute approximate surface area is 87.1 Å². The van der Waals surface area contributed by atoms with Crippen molar-refractivity contribution in [1.29, 1.82) is 0 Å². The van der Waals surface area contributed by atoms with Crippen LogP contribution in [0, 0.1) is 0 Å². The highest BCUT2D eigenvalue weighted by atomic mass is 16.5. The molecule has 5 heteroatoms. The fourth-order valence-electron chi connectivity index (χ4n) is 1.96. The average molecular weight is 210 g/mol. The summed E-state index contributed by atoms with van der Waals surface area (Å²) in [6.07, 6.45) is 1.70. The molecule has 0 saturated carbocycles. The molecule has 2 N–H and O–H groups in total. The molecule has 1 fully saturated rings. The monoisotopic (exact) mass is 210 g/mol. The van der Waals surface area contributed by atoms with Gasteiger partial charge in [-0.05, 0) is 12.8 Å². The Hall–Kier alpha value is -1.36. The van der Waals surface area contributed by atoms with Gasteiger partial charge in [0, 0.05) is 19.1 Å². The number of anilines is 1. The summed E-state index contributed by atoms with van der Waals surface area (Å²) in [5.74, 6) is 0.204. The minimum atomic E-state index is -0.512. The van der Waals surface area contributed by atoms with Gasteiger partial charge in [0.1, 0.15) is 5.69 Å². The van der Waals surface area contributed by atoms with E-state index >= 15 is 0 Å². The summed E-state index contributed by atoms with van der Waals surface area (Å²) in [6.45, 7) is 1.45. The molecule has 0 spiro atoms. The molecule has 2 rings (SSSR count). The van der Waals surface area contributed by atoms with Gasteiger partial charge in [-0.25, -0.2) is 0 Å². The fraction of sp³-hybridized carbons (Fsp3) is 0.600. The summed E-state index contributed by atoms with van der Waals surface area (Å²) in [7, 11) is 1.41. The Morgan fingerprint density at radius 3 is 2.40 bits per heavy atom. The quantitative estimate of drug-likeness (QED) is 0.648. The highest BCUT2D eigenvalue weighted by molar-refractivity contribution is 5.63. The van der Waals surface area contributed by atoms with Crippen LogP contribution < -0.4 is 26.2 Å². The number of nitrogens with zero attached hydrogens (tertiary/aromatic N) is 1. The fourth-order valence-corrected chi connectivity index (χ4v) is 1.96. The zero-order valence-electron chi connectivity index (χ0n) is 8.66. The number of hydrogen-bond donors (Lipinski definition) is 1. The van der Waals surface area contributed by atoms with E-state index in [9.17, 15) is 9.59 Å². The third-order valence-corrected chi connectivity index (χ3v) is 2.90. The molecule has 0 aromatic heterocycles. The third-order valence-electron chi connectivity index (χ3n) is 2.90. The number of piperidine rings is 1. The molecule has 1 aliphatic heterocycles. The smallest absolute Gasteiger partial charge is 0.272 e. The second-order valence-corrected chi connectivity index (χ2v) is 3.86. The summed E-state index contributed by atoms with van der Waals surface area (Å²) in [6, 6.07) is 0.207. The lowest BCUT2D eigenvalue weighted by Crippen LogP contribution is -2.46. The standard InChI is InChI=1S/C10H14N2O3/c1-15-10-7(8(13)9(10)14)12-4-2-6(11)3-5-12/h6H,2-5,11H2,1H3. The molecule has 0 aliphatic carbocycles. The Morgan fingerprint density at radius 1 is 1.27 bits per heavy atom. The van der Waals surface area contributed by atoms with Crippen molar-refractivity contribution in [2.75, 3.05) is 25.1 Å². The Kier molecular flexibility index (Phi) is 2.48. The molecule has 1 aromatic carbocycles. The van der Waals surface area contributed by atoms with Crippen molar-refractivity contribution in [2.24, 2.45) is 5.73 Å². The summed E-state index contributed by atoms with van der Waals surface area (Å²) in [4.78, 5) is 24.4. The molecule has 1 saturated heterocycles. The van der Waals surface area contributed by atoms with Crippen molar-refractivity contribution >= 4 is 5.69 Å². The first-order valence-electron chi connectivity index (χ1n) is 5.03. The molecule has 0 bridgehead atoms. The van der Waals surface area contributed by atoms with Gasteiger partial charge in [-0.1, -0.05) is 0 Å². The van der Waals surface area contributed by atoms with E-state index < -0.39 is 10.9 Å². The van der Waals surface area contributed by atoms with Crippen LogP contribution >= 0.6 is 0 Å². The van der Waals surface area contributed by atoms with Crippen LogP contribution in [0.25, 0.3) is 0 Å². The van der Waals surface area contributed by atoms with Crippen molar-refractivity contribution in [1.82, 2.24) is 0 Å². The highest BCUT2D eigenvalue weighted by Gasteiger charge is 2.28. The van der Waals surface area contributed by atoms with Crippen molar-refractivity contribution in [3.63, 3.8) is 0 Å². The van der Waals surface area contributed by atoms with Crippen LogP contribution in [0.15, 0.2) is 9.59 Å². The maximum Gasteiger partial charge on any atom is 0.272 e. The molecule has 1 aromatic rings. The second-order valence-electron chi connectivity index (χ2n) is 3.86. The first kappa shape index (κ1) is 10.2. The third kappa shape index (κ3) is 1.52. The molecule has 82 valence electrons. The average Bonchev–Trinajstić information content (AvgIpc) is 2.26. The predicted molar refractivity (Wildman–Crippen MR) is 57.3 cm³/mol. The van der Waals surface area contributed by atoms with Gasteiger partial charge in [-0.2, -0.15) is 0 Å². The van der Waals surface area contributed by atoms with Gasteiger partial charge in [0.2, 0.25) is 0 Å². The normalized spacial score (nSPS) is 18.4. The number of rotatable bonds is 2. The lowest BCUT2D eigenvalue weighted by atomic mass is 10.0. The Balaban J connectivity index is 2.20. The van der Waals surface area contributed by atoms with E-state index in [4.69, 9.17) is 10.5 Å². The van der Waals surface area contributed by atoms with Crippen LogP contribution in [0.1, 0.15) is 12.8 Å². The zero-order chi connectivity index (χ0) is 11.0. The van der Waals surface area contributed by atoms with E-state index in [1.807, 2.05) is 4.90 Å². The molecule has 5 nitrogen and oxygen atoms in total. The summed E-state index contributed by atoms with van der Waals surface area (Å²) < 4.78 is 4.90. The largest absolute Gasteiger partial charge is 0.491 e. The maximum atomic E-state index is 11.4. The molecule has 15 heavy (non-hydrogen) atoms. The van der Waals surface area contributed by atoms with Crippen molar-refractivity contribution < 1.29 is 4.74 Å². The summed E-state index contributed by atoms with van der Waals surface area (Å²) in [5, 5.41) is 0. The van der Waals surface area contributed by atoms with Crippen molar-refractivity contribution in [3.05, 3.63) is 20.4 Å². The summed E-state index contributed by atoms with van der Waals surface area (Å²) in [5.41, 5.74) is 5.26. The Morgan fingerprint density at radius 2 is 1.87 bits per heavy atom. The van der Waals surface area contributed by atoms with Gasteiger partial charge in [-0.3, -0.25) is 9.59 Å². The van der Waals surface area contributed by atoms with Gasteiger partial charge >= 0.3 is 0 Å². The van der Waals surface area contributed by atoms with Gasteiger partial charge in [0.05, 0.1) is 7.11 Å². The highest BCUT2D eigenvalue weighted by Crippen LogP contribution is 2.24. The van der Waals surface area contributed by atoms with E-state index in [1.165, 1.54) is 7.11 Å². The first-order valence-corrected chi connectivity index (χ1v) is 5.03. The Bertz CT molecular complexity index is 426. The van der Waals surface area contributed by atoms with Gasteiger partial charge < -0.3 is 15.4 Å². The molecular weight excluding hydrogens is 196 g/mol. The topological polar surface area (TPSA) is 72.6 Å². The number of ether oxygens (including phenoxy) is 1. The SMILES string of the molecule is COc1c(N2CCC(N)CC2)c(=O)c1=O. The first-order chi connectivity index (χ1) is 7.15. The van der Waals surface area contributed by atoms with Crippen LogP contribution in [0.4, 0.5) is 5.69 Å². The van der Waals surface area contributed by atoms with E-state index in [0.29, 0.717) is 5.69 Å². The maximum absolute atomic E-state index is 11.4. The second kappa shape index (κ2) is 3.66. The molecule has 1 heterocycles. The van der Waals surface area contributed by atoms with Crippen LogP contribution in [0.3, 0.4) is 0 Å². The van der Waals surface area contributed by atoms with E-state index in [0.717, 1.165) is 25.9 Å². The van der Waals surface area contributed by atoms with Crippen LogP contribution in [-0.2, 0) is 0 Å². The zero-order valence-corrected chi connectivity index (χ0v) is 8.66. The molecule has 0 atom stereocenters. The predicted octanol–water partition coefficient (Wildman–Crippen LogP) is -0.781. The number of hydrogen-bond acceptors (Lipinski definition) is 5. The lowest BCUT2D eigenvalue weighted by molar-refractivity contribution is 0.401. The van der Waals surface area contributed by atoms with E-state index in [1.54, 1.807) is 0 Å². The van der Waals surface area contributed by atoms with Crippen LogP contribution in [0.5, 0.6) is 5.75 Å². The molecule has 0 amide bonds. The number of methoxy groups -OCH3 is 1. The van der Waals surface area contributed by atoms with E-state index in [2.05, 4.69) is 0 Å². The van der Waals surface area contributed by atoms with Crippen LogP contribution in [0.2, 0.25) is 0 Å². The molecule has 1 aliphatic rings. The van der Waals surface area contributed by atoms with E-state index in [-0.39, 0.29) is 11.8 Å². The number of nitrogens with two attached hydrogens (primary N) is 1. The van der Waals surface area contributed by atoms with Crippen molar-refractivity contribution in [3.8, 4) is 5.75 Å². The van der Waals surface area contributed by atoms with Crippen LogP contribution in [-0.4, -0.2) is 26.2 Å². The summed E-state index contributed by atoms with van der Waals surface area (Å²) >= 11 is 0. The van der Waals surface area contributed by atoms with Gasteiger partial charge in [0.25, 0.3) is 10.9 Å². The molecular formula is C10H14N2O3. The minimum Gasteiger partial charge on any atom is -0.491 e. The lowest BCUT2D eigenvalue weighted by Gasteiger charge is -2.32. The van der Waals surface area contributed by atoms with Gasteiger partial charge in [-0.15, -0.1) is 0 Å². The molecule has 0 unspecified atom stereocenters. The minimum absolute atomic E-state index is 0.204.